The zero-order chi connectivity index (χ0) is 12.3. The minimum atomic E-state index is -0.980. The number of aromatic nitrogens is 1. The van der Waals surface area contributed by atoms with Crippen LogP contribution in [-0.2, 0) is 9.59 Å². The second kappa shape index (κ2) is 4.83. The van der Waals surface area contributed by atoms with Crippen molar-refractivity contribution in [1.82, 2.24) is 4.98 Å². The van der Waals surface area contributed by atoms with Gasteiger partial charge in [-0.05, 0) is 25.0 Å². The van der Waals surface area contributed by atoms with Crippen molar-refractivity contribution < 1.29 is 19.8 Å². The van der Waals surface area contributed by atoms with Gasteiger partial charge in [0.25, 0.3) is 0 Å². The predicted octanol–water partition coefficient (Wildman–Crippen LogP) is 1.66. The van der Waals surface area contributed by atoms with Gasteiger partial charge in [0.2, 0.25) is 0 Å². The van der Waals surface area contributed by atoms with Gasteiger partial charge in [-0.15, -0.1) is 0 Å². The molecular weight excluding hydrogens is 210 g/mol. The molecule has 1 rings (SSSR count). The van der Waals surface area contributed by atoms with E-state index < -0.39 is 17.9 Å². The van der Waals surface area contributed by atoms with Gasteiger partial charge < -0.3 is 15.2 Å². The maximum absolute atomic E-state index is 10.7. The van der Waals surface area contributed by atoms with Crippen molar-refractivity contribution >= 4 is 11.9 Å². The molecular formula is C11H15NO4. The number of rotatable bonds is 5. The smallest absolute Gasteiger partial charge is 0.303 e. The molecule has 16 heavy (non-hydrogen) atoms. The number of carboxylic acid groups (broad SMARTS) is 2. The number of aromatic amines is 1. The van der Waals surface area contributed by atoms with Crippen LogP contribution < -0.4 is 0 Å². The molecule has 5 heteroatoms. The molecule has 0 bridgehead atoms. The normalized spacial score (nSPS) is 10.7. The molecule has 0 saturated carbocycles. The lowest BCUT2D eigenvalue weighted by Crippen LogP contribution is -2.12. The van der Waals surface area contributed by atoms with Crippen LogP contribution in [0.5, 0.6) is 0 Å². The van der Waals surface area contributed by atoms with Gasteiger partial charge in [0, 0.05) is 17.8 Å². The van der Waals surface area contributed by atoms with E-state index in [4.69, 9.17) is 10.2 Å². The number of aryl methyl sites for hydroxylation is 2. The summed E-state index contributed by atoms with van der Waals surface area (Å²) in [5.41, 5.74) is 2.56. The van der Waals surface area contributed by atoms with Crippen molar-refractivity contribution in [2.45, 2.75) is 32.6 Å². The van der Waals surface area contributed by atoms with Crippen LogP contribution >= 0.6 is 0 Å². The first-order chi connectivity index (χ1) is 7.41. The first kappa shape index (κ1) is 12.3. The summed E-state index contributed by atoms with van der Waals surface area (Å²) >= 11 is 0. The fourth-order valence-electron chi connectivity index (χ4n) is 1.99. The van der Waals surface area contributed by atoms with Crippen LogP contribution in [0.3, 0.4) is 0 Å². The van der Waals surface area contributed by atoms with Gasteiger partial charge in [-0.1, -0.05) is 0 Å². The highest BCUT2D eigenvalue weighted by atomic mass is 16.4. The van der Waals surface area contributed by atoms with Gasteiger partial charge in [-0.25, -0.2) is 0 Å². The van der Waals surface area contributed by atoms with Crippen LogP contribution in [0.2, 0.25) is 0 Å². The lowest BCUT2D eigenvalue weighted by atomic mass is 9.90. The average molecular weight is 225 g/mol. The average Bonchev–Trinajstić information content (AvgIpc) is 2.43. The summed E-state index contributed by atoms with van der Waals surface area (Å²) in [6.07, 6.45) is 1.44. The molecule has 0 spiro atoms. The molecule has 0 radical (unpaired) electrons. The topological polar surface area (TPSA) is 90.4 Å². The van der Waals surface area contributed by atoms with E-state index in [1.807, 2.05) is 13.8 Å². The van der Waals surface area contributed by atoms with Crippen LogP contribution in [0, 0.1) is 13.8 Å². The fourth-order valence-corrected chi connectivity index (χ4v) is 1.99. The zero-order valence-corrected chi connectivity index (χ0v) is 9.28. The molecule has 0 amide bonds. The molecule has 0 aromatic carbocycles. The highest BCUT2D eigenvalue weighted by Gasteiger charge is 2.22. The Morgan fingerprint density at radius 2 is 1.75 bits per heavy atom. The van der Waals surface area contributed by atoms with Crippen molar-refractivity contribution in [2.75, 3.05) is 0 Å². The molecule has 88 valence electrons. The molecule has 5 nitrogen and oxygen atoms in total. The van der Waals surface area contributed by atoms with Crippen molar-refractivity contribution in [3.63, 3.8) is 0 Å². The molecule has 0 saturated heterocycles. The number of nitrogens with one attached hydrogen (secondary N) is 1. The van der Waals surface area contributed by atoms with Crippen LogP contribution in [0.15, 0.2) is 6.20 Å². The van der Waals surface area contributed by atoms with E-state index >= 15 is 0 Å². The second-order valence-electron chi connectivity index (χ2n) is 3.90. The van der Waals surface area contributed by atoms with Gasteiger partial charge >= 0.3 is 11.9 Å². The molecule has 3 N–H and O–H groups in total. The Bertz CT molecular complexity index is 373. The van der Waals surface area contributed by atoms with Gasteiger partial charge in [0.15, 0.2) is 0 Å². The Morgan fingerprint density at radius 1 is 1.25 bits per heavy atom. The summed E-state index contributed by atoms with van der Waals surface area (Å²) in [6, 6.07) is 0. The Kier molecular flexibility index (Phi) is 3.71. The molecule has 0 aliphatic rings. The molecule has 1 aromatic heterocycles. The van der Waals surface area contributed by atoms with Gasteiger partial charge in [0.05, 0.1) is 12.8 Å². The fraction of sp³-hybridized carbons (Fsp3) is 0.455. The van der Waals surface area contributed by atoms with Crippen LogP contribution in [-0.4, -0.2) is 27.1 Å². The van der Waals surface area contributed by atoms with E-state index in [9.17, 15) is 9.59 Å². The third-order valence-electron chi connectivity index (χ3n) is 2.58. The quantitative estimate of drug-likeness (QED) is 0.710. The highest BCUT2D eigenvalue weighted by Crippen LogP contribution is 2.29. The second-order valence-corrected chi connectivity index (χ2v) is 3.90. The Labute approximate surface area is 93.1 Å². The lowest BCUT2D eigenvalue weighted by molar-refractivity contribution is -0.139. The Hall–Kier alpha value is -1.78. The number of hydrogen-bond acceptors (Lipinski definition) is 2. The summed E-state index contributed by atoms with van der Waals surface area (Å²) in [5.74, 6) is -2.43. The first-order valence-corrected chi connectivity index (χ1v) is 5.00. The molecule has 0 aliphatic heterocycles. The van der Waals surface area contributed by atoms with E-state index in [0.717, 1.165) is 16.8 Å². The van der Waals surface area contributed by atoms with Crippen molar-refractivity contribution in [3.05, 3.63) is 23.0 Å². The molecule has 0 atom stereocenters. The number of hydrogen-bond donors (Lipinski definition) is 3. The van der Waals surface area contributed by atoms with Crippen LogP contribution in [0.1, 0.15) is 35.6 Å². The molecule has 0 aliphatic carbocycles. The Balaban J connectivity index is 3.00. The van der Waals surface area contributed by atoms with Gasteiger partial charge in [-0.3, -0.25) is 9.59 Å². The number of H-pyrrole nitrogens is 1. The largest absolute Gasteiger partial charge is 0.481 e. The summed E-state index contributed by atoms with van der Waals surface area (Å²) in [5, 5.41) is 17.5. The van der Waals surface area contributed by atoms with E-state index in [0.29, 0.717) is 0 Å². The minimum absolute atomic E-state index is 0.161. The van der Waals surface area contributed by atoms with Crippen LogP contribution in [0.25, 0.3) is 0 Å². The summed E-state index contributed by atoms with van der Waals surface area (Å²) in [7, 11) is 0. The van der Waals surface area contributed by atoms with Crippen LogP contribution in [0.4, 0.5) is 0 Å². The first-order valence-electron chi connectivity index (χ1n) is 5.00. The Morgan fingerprint density at radius 3 is 2.06 bits per heavy atom. The lowest BCUT2D eigenvalue weighted by Gasteiger charge is -2.13. The number of aliphatic carboxylic acids is 2. The monoisotopic (exact) mass is 225 g/mol. The molecule has 0 unspecified atom stereocenters. The van der Waals surface area contributed by atoms with Crippen molar-refractivity contribution in [2.24, 2.45) is 0 Å². The van der Waals surface area contributed by atoms with Crippen molar-refractivity contribution in [1.29, 1.82) is 0 Å². The van der Waals surface area contributed by atoms with Crippen molar-refractivity contribution in [3.8, 4) is 0 Å². The minimum Gasteiger partial charge on any atom is -0.481 e. The number of carboxylic acids is 2. The van der Waals surface area contributed by atoms with E-state index in [-0.39, 0.29) is 12.8 Å². The molecule has 1 heterocycles. The van der Waals surface area contributed by atoms with E-state index in [1.54, 1.807) is 6.20 Å². The summed E-state index contributed by atoms with van der Waals surface area (Å²) in [6.45, 7) is 3.66. The number of carbonyl (C=O) groups is 2. The maximum Gasteiger partial charge on any atom is 0.303 e. The maximum atomic E-state index is 10.7. The molecule has 0 fully saturated rings. The summed E-state index contributed by atoms with van der Waals surface area (Å²) < 4.78 is 0. The molecule has 1 aromatic rings. The standard InChI is InChI=1S/C11H15NO4/c1-6-5-12-7(2)11(6)8(3-9(13)14)4-10(15)16/h5,8,12H,3-4H2,1-2H3,(H,13,14)(H,15,16). The third kappa shape index (κ3) is 2.85. The summed E-state index contributed by atoms with van der Waals surface area (Å²) in [4.78, 5) is 24.4. The zero-order valence-electron chi connectivity index (χ0n) is 9.28. The third-order valence-corrected chi connectivity index (χ3v) is 2.58. The van der Waals surface area contributed by atoms with Gasteiger partial charge in [-0.2, -0.15) is 0 Å². The van der Waals surface area contributed by atoms with E-state index in [1.165, 1.54) is 0 Å². The SMILES string of the molecule is Cc1c[nH]c(C)c1C(CC(=O)O)CC(=O)O. The van der Waals surface area contributed by atoms with Gasteiger partial charge in [0.1, 0.15) is 0 Å². The predicted molar refractivity (Wildman–Crippen MR) is 57.5 cm³/mol. The highest BCUT2D eigenvalue weighted by molar-refractivity contribution is 5.72. The van der Waals surface area contributed by atoms with E-state index in [2.05, 4.69) is 4.98 Å².